The monoisotopic (exact) mass is 348 g/mol. The molecule has 134 valence electrons. The summed E-state index contributed by atoms with van der Waals surface area (Å²) < 4.78 is 5.66. The predicted octanol–water partition coefficient (Wildman–Crippen LogP) is 5.23. The lowest BCUT2D eigenvalue weighted by molar-refractivity contribution is 0.342. The molecule has 0 unspecified atom stereocenters. The van der Waals surface area contributed by atoms with Gasteiger partial charge in [-0.3, -0.25) is 0 Å². The van der Waals surface area contributed by atoms with Gasteiger partial charge in [0.15, 0.2) is 0 Å². The Balaban J connectivity index is 1.84. The summed E-state index contributed by atoms with van der Waals surface area (Å²) in [5, 5.41) is 6.67. The number of ether oxygens (including phenoxy) is 1. The van der Waals surface area contributed by atoms with Crippen LogP contribution in [0.5, 0.6) is 5.75 Å². The molecule has 26 heavy (non-hydrogen) atoms. The number of rotatable bonds is 7. The molecule has 5 heteroatoms. The van der Waals surface area contributed by atoms with Gasteiger partial charge in [0, 0.05) is 11.9 Å². The molecule has 0 aliphatic rings. The van der Waals surface area contributed by atoms with Gasteiger partial charge in [-0.15, -0.1) is 0 Å². The van der Waals surface area contributed by atoms with Crippen LogP contribution in [0, 0.1) is 6.92 Å². The van der Waals surface area contributed by atoms with Gasteiger partial charge in [0.1, 0.15) is 11.6 Å². The number of hydrogen-bond acceptors (Lipinski definition) is 5. The molecule has 0 aliphatic heterocycles. The number of para-hydroxylation sites is 3. The van der Waals surface area contributed by atoms with Crippen molar-refractivity contribution in [3.63, 3.8) is 0 Å². The molecular formula is C21H24N4O. The van der Waals surface area contributed by atoms with Crippen LogP contribution in [0.3, 0.4) is 0 Å². The minimum Gasteiger partial charge on any atom is -0.492 e. The first-order valence-corrected chi connectivity index (χ1v) is 8.88. The Morgan fingerprint density at radius 1 is 0.962 bits per heavy atom. The molecule has 0 aliphatic carbocycles. The molecule has 2 aromatic carbocycles. The molecule has 0 spiro atoms. The second-order valence-corrected chi connectivity index (χ2v) is 5.91. The average molecular weight is 348 g/mol. The minimum atomic E-state index is 0.563. The SMILES string of the molecule is CCOc1ccccc1Nc1ccnc(Nc2c(C)cccc2CC)n1. The van der Waals surface area contributed by atoms with Gasteiger partial charge in [0.2, 0.25) is 5.95 Å². The Morgan fingerprint density at radius 2 is 1.81 bits per heavy atom. The summed E-state index contributed by atoms with van der Waals surface area (Å²) >= 11 is 0. The van der Waals surface area contributed by atoms with E-state index in [0.29, 0.717) is 18.4 Å². The lowest BCUT2D eigenvalue weighted by Crippen LogP contribution is -2.04. The highest BCUT2D eigenvalue weighted by molar-refractivity contribution is 5.67. The van der Waals surface area contributed by atoms with E-state index < -0.39 is 0 Å². The van der Waals surface area contributed by atoms with Crippen molar-refractivity contribution in [1.82, 2.24) is 9.97 Å². The Hall–Kier alpha value is -3.08. The third kappa shape index (κ3) is 4.11. The maximum Gasteiger partial charge on any atom is 0.229 e. The highest BCUT2D eigenvalue weighted by Crippen LogP contribution is 2.28. The van der Waals surface area contributed by atoms with E-state index in [1.54, 1.807) is 6.20 Å². The van der Waals surface area contributed by atoms with Crippen LogP contribution in [0.4, 0.5) is 23.1 Å². The van der Waals surface area contributed by atoms with E-state index in [4.69, 9.17) is 4.74 Å². The highest BCUT2D eigenvalue weighted by atomic mass is 16.5. The van der Waals surface area contributed by atoms with Crippen LogP contribution in [0.2, 0.25) is 0 Å². The van der Waals surface area contributed by atoms with Crippen LogP contribution in [0.1, 0.15) is 25.0 Å². The van der Waals surface area contributed by atoms with E-state index in [1.165, 1.54) is 11.1 Å². The summed E-state index contributed by atoms with van der Waals surface area (Å²) in [5.74, 6) is 2.07. The summed E-state index contributed by atoms with van der Waals surface area (Å²) in [7, 11) is 0. The number of aryl methyl sites for hydroxylation is 2. The molecule has 2 N–H and O–H groups in total. The summed E-state index contributed by atoms with van der Waals surface area (Å²) in [4.78, 5) is 8.95. The van der Waals surface area contributed by atoms with Gasteiger partial charge in [0.25, 0.3) is 0 Å². The quantitative estimate of drug-likeness (QED) is 0.612. The molecule has 3 aromatic rings. The largest absolute Gasteiger partial charge is 0.492 e. The van der Waals surface area contributed by atoms with E-state index in [2.05, 4.69) is 52.6 Å². The molecule has 0 amide bonds. The van der Waals surface area contributed by atoms with E-state index in [0.717, 1.165) is 23.5 Å². The molecule has 1 heterocycles. The molecule has 0 saturated heterocycles. The Labute approximate surface area is 154 Å². The van der Waals surface area contributed by atoms with Crippen molar-refractivity contribution >= 4 is 23.1 Å². The summed E-state index contributed by atoms with van der Waals surface area (Å²) in [6.07, 6.45) is 2.69. The molecule has 1 aromatic heterocycles. The Bertz CT molecular complexity index is 879. The Morgan fingerprint density at radius 3 is 2.62 bits per heavy atom. The molecule has 0 atom stereocenters. The van der Waals surface area contributed by atoms with Crippen LogP contribution in [-0.4, -0.2) is 16.6 Å². The summed E-state index contributed by atoms with van der Waals surface area (Å²) in [6.45, 7) is 6.81. The fourth-order valence-electron chi connectivity index (χ4n) is 2.79. The highest BCUT2D eigenvalue weighted by Gasteiger charge is 2.08. The standard InChI is InChI=1S/C21H24N4O/c1-4-16-10-8-9-15(3)20(16)25-21-22-14-13-19(24-21)23-17-11-6-7-12-18(17)26-5-2/h6-14H,4-5H2,1-3H3,(H2,22,23,24,25). The topological polar surface area (TPSA) is 59.1 Å². The van der Waals surface area contributed by atoms with Crippen molar-refractivity contribution in [3.8, 4) is 5.75 Å². The first-order valence-electron chi connectivity index (χ1n) is 8.88. The van der Waals surface area contributed by atoms with Crippen molar-refractivity contribution < 1.29 is 4.74 Å². The van der Waals surface area contributed by atoms with Crippen molar-refractivity contribution in [2.75, 3.05) is 17.2 Å². The van der Waals surface area contributed by atoms with E-state index >= 15 is 0 Å². The lowest BCUT2D eigenvalue weighted by Gasteiger charge is -2.14. The van der Waals surface area contributed by atoms with Gasteiger partial charge in [-0.2, -0.15) is 4.98 Å². The number of anilines is 4. The molecule has 3 rings (SSSR count). The van der Waals surface area contributed by atoms with Gasteiger partial charge in [-0.1, -0.05) is 37.3 Å². The predicted molar refractivity (Wildman–Crippen MR) is 107 cm³/mol. The number of benzene rings is 2. The number of hydrogen-bond donors (Lipinski definition) is 2. The molecule has 5 nitrogen and oxygen atoms in total. The van der Waals surface area contributed by atoms with Crippen LogP contribution in [0.25, 0.3) is 0 Å². The molecule has 0 radical (unpaired) electrons. The van der Waals surface area contributed by atoms with Gasteiger partial charge in [-0.25, -0.2) is 4.98 Å². The molecular weight excluding hydrogens is 324 g/mol. The van der Waals surface area contributed by atoms with Crippen LogP contribution in [0.15, 0.2) is 54.7 Å². The number of nitrogens with zero attached hydrogens (tertiary/aromatic N) is 2. The third-order valence-electron chi connectivity index (χ3n) is 4.08. The van der Waals surface area contributed by atoms with Gasteiger partial charge >= 0.3 is 0 Å². The van der Waals surface area contributed by atoms with Gasteiger partial charge < -0.3 is 15.4 Å². The summed E-state index contributed by atoms with van der Waals surface area (Å²) in [5.41, 5.74) is 4.37. The average Bonchev–Trinajstić information content (AvgIpc) is 2.65. The van der Waals surface area contributed by atoms with E-state index in [1.807, 2.05) is 37.3 Å². The smallest absolute Gasteiger partial charge is 0.229 e. The molecule has 0 fully saturated rings. The van der Waals surface area contributed by atoms with Crippen molar-refractivity contribution in [3.05, 3.63) is 65.9 Å². The van der Waals surface area contributed by atoms with Crippen LogP contribution in [-0.2, 0) is 6.42 Å². The molecule has 0 saturated carbocycles. The normalized spacial score (nSPS) is 10.4. The minimum absolute atomic E-state index is 0.563. The van der Waals surface area contributed by atoms with Gasteiger partial charge in [-0.05, 0) is 49.6 Å². The van der Waals surface area contributed by atoms with E-state index in [9.17, 15) is 0 Å². The zero-order valence-corrected chi connectivity index (χ0v) is 15.4. The first-order chi connectivity index (χ1) is 12.7. The molecule has 0 bridgehead atoms. The van der Waals surface area contributed by atoms with Crippen molar-refractivity contribution in [2.24, 2.45) is 0 Å². The third-order valence-corrected chi connectivity index (χ3v) is 4.08. The van der Waals surface area contributed by atoms with Crippen LogP contribution < -0.4 is 15.4 Å². The Kier molecular flexibility index (Phi) is 5.69. The number of nitrogens with one attached hydrogen (secondary N) is 2. The van der Waals surface area contributed by atoms with Gasteiger partial charge in [0.05, 0.1) is 12.3 Å². The van der Waals surface area contributed by atoms with Crippen LogP contribution >= 0.6 is 0 Å². The first kappa shape index (κ1) is 17.7. The fourth-order valence-corrected chi connectivity index (χ4v) is 2.79. The zero-order valence-electron chi connectivity index (χ0n) is 15.4. The van der Waals surface area contributed by atoms with Crippen molar-refractivity contribution in [1.29, 1.82) is 0 Å². The fraction of sp³-hybridized carbons (Fsp3) is 0.238. The van der Waals surface area contributed by atoms with E-state index in [-0.39, 0.29) is 0 Å². The second-order valence-electron chi connectivity index (χ2n) is 5.91. The van der Waals surface area contributed by atoms with Crippen molar-refractivity contribution in [2.45, 2.75) is 27.2 Å². The lowest BCUT2D eigenvalue weighted by atomic mass is 10.1. The second kappa shape index (κ2) is 8.34. The maximum absolute atomic E-state index is 5.66. The summed E-state index contributed by atoms with van der Waals surface area (Å²) in [6, 6.07) is 15.9. The number of aromatic nitrogens is 2. The zero-order chi connectivity index (χ0) is 18.4. The maximum atomic E-state index is 5.66.